The number of sulfone groups is 1. The second-order valence-electron chi connectivity index (χ2n) is 5.01. The van der Waals surface area contributed by atoms with Gasteiger partial charge in [0.15, 0.2) is 9.84 Å². The first-order chi connectivity index (χ1) is 10.0. The van der Waals surface area contributed by atoms with Gasteiger partial charge in [0.05, 0.1) is 10.6 Å². The maximum atomic E-state index is 12.1. The molecular weight excluding hydrogens is 330 g/mol. The summed E-state index contributed by atoms with van der Waals surface area (Å²) in [6, 6.07) is 4.11. The van der Waals surface area contributed by atoms with Gasteiger partial charge in [0.2, 0.25) is 10.0 Å². The number of carboxylic acids is 1. The van der Waals surface area contributed by atoms with Gasteiger partial charge in [-0.3, -0.25) is 4.79 Å². The predicted octanol–water partition coefficient (Wildman–Crippen LogP) is 0.763. The number of hydrogen-bond donors (Lipinski definition) is 2. The second kappa shape index (κ2) is 7.21. The fourth-order valence-electron chi connectivity index (χ4n) is 1.84. The highest BCUT2D eigenvalue weighted by Crippen LogP contribution is 2.14. The second-order valence-corrected chi connectivity index (χ2v) is 8.87. The van der Waals surface area contributed by atoms with E-state index in [9.17, 15) is 21.6 Å². The monoisotopic (exact) mass is 349 g/mol. The highest BCUT2D eigenvalue weighted by molar-refractivity contribution is 7.90. The van der Waals surface area contributed by atoms with Crippen molar-refractivity contribution >= 4 is 25.8 Å². The SMILES string of the molecule is CCCC(NS(=O)(=O)c1ccc(CS(C)(=O)=O)cc1)C(=O)O. The van der Waals surface area contributed by atoms with E-state index < -0.39 is 31.9 Å². The summed E-state index contributed by atoms with van der Waals surface area (Å²) in [5, 5.41) is 8.99. The van der Waals surface area contributed by atoms with Gasteiger partial charge in [0.25, 0.3) is 0 Å². The molecule has 0 aromatic heterocycles. The summed E-state index contributed by atoms with van der Waals surface area (Å²) < 4.78 is 48.7. The van der Waals surface area contributed by atoms with Crippen molar-refractivity contribution in [2.75, 3.05) is 6.26 Å². The number of sulfonamides is 1. The van der Waals surface area contributed by atoms with Gasteiger partial charge in [-0.25, -0.2) is 16.8 Å². The first kappa shape index (κ1) is 18.6. The fraction of sp³-hybridized carbons (Fsp3) is 0.462. The average Bonchev–Trinajstić information content (AvgIpc) is 2.36. The molecule has 0 aliphatic rings. The molecule has 0 bridgehead atoms. The lowest BCUT2D eigenvalue weighted by molar-refractivity contribution is -0.139. The maximum absolute atomic E-state index is 12.1. The van der Waals surface area contributed by atoms with Crippen LogP contribution in [0.15, 0.2) is 29.2 Å². The van der Waals surface area contributed by atoms with E-state index in [1.165, 1.54) is 24.3 Å². The molecule has 1 unspecified atom stereocenters. The molecule has 1 atom stereocenters. The molecule has 0 aliphatic heterocycles. The zero-order chi connectivity index (χ0) is 17.0. The van der Waals surface area contributed by atoms with Crippen molar-refractivity contribution in [1.29, 1.82) is 0 Å². The quantitative estimate of drug-likeness (QED) is 0.715. The minimum absolute atomic E-state index is 0.105. The minimum Gasteiger partial charge on any atom is -0.480 e. The van der Waals surface area contributed by atoms with E-state index in [0.717, 1.165) is 6.26 Å². The van der Waals surface area contributed by atoms with E-state index >= 15 is 0 Å². The summed E-state index contributed by atoms with van der Waals surface area (Å²) in [6.07, 6.45) is 1.79. The number of aliphatic carboxylic acids is 1. The number of hydrogen-bond acceptors (Lipinski definition) is 5. The van der Waals surface area contributed by atoms with E-state index in [0.29, 0.717) is 12.0 Å². The normalized spacial score (nSPS) is 13.7. The molecule has 1 rings (SSSR count). The van der Waals surface area contributed by atoms with Gasteiger partial charge in [0, 0.05) is 6.26 Å². The predicted molar refractivity (Wildman–Crippen MR) is 81.6 cm³/mol. The standard InChI is InChI=1S/C13H19NO6S2/c1-3-4-12(13(15)16)14-22(19,20)11-7-5-10(6-8-11)9-21(2,17)18/h5-8,12,14H,3-4,9H2,1-2H3,(H,15,16). The first-order valence-electron chi connectivity index (χ1n) is 6.57. The van der Waals surface area contributed by atoms with Crippen molar-refractivity contribution in [3.8, 4) is 0 Å². The van der Waals surface area contributed by atoms with E-state index in [4.69, 9.17) is 5.11 Å². The number of rotatable bonds is 8. The molecule has 124 valence electrons. The van der Waals surface area contributed by atoms with Gasteiger partial charge in [-0.15, -0.1) is 0 Å². The molecule has 0 fully saturated rings. The molecule has 0 aliphatic carbocycles. The number of carbonyl (C=O) groups is 1. The van der Waals surface area contributed by atoms with E-state index in [1.807, 2.05) is 0 Å². The Kier molecular flexibility index (Phi) is 6.09. The number of benzene rings is 1. The molecule has 0 saturated carbocycles. The maximum Gasteiger partial charge on any atom is 0.321 e. The molecule has 9 heteroatoms. The summed E-state index contributed by atoms with van der Waals surface area (Å²) in [5.74, 6) is -1.42. The molecule has 7 nitrogen and oxygen atoms in total. The zero-order valence-corrected chi connectivity index (χ0v) is 13.9. The molecule has 0 saturated heterocycles. The third-order valence-corrected chi connectivity index (χ3v) is 5.18. The minimum atomic E-state index is -3.97. The molecule has 2 N–H and O–H groups in total. The van der Waals surface area contributed by atoms with Crippen LogP contribution in [0.5, 0.6) is 0 Å². The first-order valence-corrected chi connectivity index (χ1v) is 10.1. The largest absolute Gasteiger partial charge is 0.480 e. The van der Waals surface area contributed by atoms with Gasteiger partial charge in [0.1, 0.15) is 6.04 Å². The Morgan fingerprint density at radius 3 is 2.14 bits per heavy atom. The molecule has 0 spiro atoms. The third-order valence-electron chi connectivity index (χ3n) is 2.84. The van der Waals surface area contributed by atoms with Crippen LogP contribution in [0.4, 0.5) is 0 Å². The summed E-state index contributed by atoms with van der Waals surface area (Å²) in [7, 11) is -7.17. The Hall–Kier alpha value is -1.45. The Labute approximate surface area is 130 Å². The smallest absolute Gasteiger partial charge is 0.321 e. The third kappa shape index (κ3) is 5.74. The van der Waals surface area contributed by atoms with Crippen molar-refractivity contribution in [2.24, 2.45) is 0 Å². The number of carboxylic acid groups (broad SMARTS) is 1. The highest BCUT2D eigenvalue weighted by Gasteiger charge is 2.24. The van der Waals surface area contributed by atoms with Crippen LogP contribution in [0.3, 0.4) is 0 Å². The molecule has 1 aromatic rings. The van der Waals surface area contributed by atoms with Gasteiger partial charge in [-0.2, -0.15) is 4.72 Å². The van der Waals surface area contributed by atoms with E-state index in [1.54, 1.807) is 6.92 Å². The summed E-state index contributed by atoms with van der Waals surface area (Å²) in [6.45, 7) is 1.75. The van der Waals surface area contributed by atoms with Gasteiger partial charge in [-0.1, -0.05) is 25.5 Å². The van der Waals surface area contributed by atoms with Crippen molar-refractivity contribution in [3.05, 3.63) is 29.8 Å². The van der Waals surface area contributed by atoms with Crippen LogP contribution < -0.4 is 4.72 Å². The van der Waals surface area contributed by atoms with Crippen molar-refractivity contribution in [1.82, 2.24) is 4.72 Å². The topological polar surface area (TPSA) is 118 Å². The van der Waals surface area contributed by atoms with Crippen LogP contribution in [-0.2, 0) is 30.4 Å². The highest BCUT2D eigenvalue weighted by atomic mass is 32.2. The molecule has 0 heterocycles. The van der Waals surface area contributed by atoms with Crippen LogP contribution in [0.1, 0.15) is 25.3 Å². The van der Waals surface area contributed by atoms with Crippen LogP contribution in [0.2, 0.25) is 0 Å². The molecule has 0 amide bonds. The van der Waals surface area contributed by atoms with Crippen LogP contribution in [0, 0.1) is 0 Å². The molecule has 0 radical (unpaired) electrons. The molecule has 1 aromatic carbocycles. The van der Waals surface area contributed by atoms with Crippen molar-refractivity contribution < 1.29 is 26.7 Å². The fourth-order valence-corrected chi connectivity index (χ4v) is 3.87. The Bertz CT molecular complexity index is 722. The lowest BCUT2D eigenvalue weighted by Crippen LogP contribution is -2.40. The Morgan fingerprint density at radius 2 is 1.73 bits per heavy atom. The zero-order valence-electron chi connectivity index (χ0n) is 12.3. The number of nitrogens with one attached hydrogen (secondary N) is 1. The lowest BCUT2D eigenvalue weighted by Gasteiger charge is -2.14. The molecule has 22 heavy (non-hydrogen) atoms. The van der Waals surface area contributed by atoms with Gasteiger partial charge in [-0.05, 0) is 24.1 Å². The summed E-state index contributed by atoms with van der Waals surface area (Å²) in [4.78, 5) is 10.9. The van der Waals surface area contributed by atoms with Crippen LogP contribution >= 0.6 is 0 Å². The Morgan fingerprint density at radius 1 is 1.18 bits per heavy atom. The van der Waals surface area contributed by atoms with Crippen LogP contribution in [-0.4, -0.2) is 40.2 Å². The van der Waals surface area contributed by atoms with E-state index in [2.05, 4.69) is 4.72 Å². The summed E-state index contributed by atoms with van der Waals surface area (Å²) >= 11 is 0. The van der Waals surface area contributed by atoms with Crippen molar-refractivity contribution in [2.45, 2.75) is 36.5 Å². The molecular formula is C13H19NO6S2. The van der Waals surface area contributed by atoms with E-state index in [-0.39, 0.29) is 17.1 Å². The Balaban J connectivity index is 2.96. The summed E-state index contributed by atoms with van der Waals surface area (Å²) in [5.41, 5.74) is 0.463. The average molecular weight is 349 g/mol. The lowest BCUT2D eigenvalue weighted by atomic mass is 10.2. The van der Waals surface area contributed by atoms with Gasteiger partial charge < -0.3 is 5.11 Å². The van der Waals surface area contributed by atoms with Crippen LogP contribution in [0.25, 0.3) is 0 Å². The van der Waals surface area contributed by atoms with Crippen molar-refractivity contribution in [3.63, 3.8) is 0 Å². The van der Waals surface area contributed by atoms with Gasteiger partial charge >= 0.3 is 5.97 Å².